The summed E-state index contributed by atoms with van der Waals surface area (Å²) < 4.78 is 26.8. The Morgan fingerprint density at radius 2 is 2.00 bits per heavy atom. The molecular weight excluding hydrogens is 390 g/mol. The maximum atomic E-state index is 12.8. The molecule has 1 aliphatic rings. The monoisotopic (exact) mass is 407 g/mol. The number of nitrogens with zero attached hydrogens (tertiary/aromatic N) is 2. The Kier molecular flexibility index (Phi) is 5.79. The molecule has 142 valence electrons. The molecule has 1 amide bonds. The molecule has 2 N–H and O–H groups in total. The number of sulfonamides is 1. The van der Waals surface area contributed by atoms with Crippen LogP contribution in [-0.2, 0) is 14.8 Å². The fourth-order valence-electron chi connectivity index (χ4n) is 2.88. The molecule has 0 aliphatic carbocycles. The summed E-state index contributed by atoms with van der Waals surface area (Å²) in [6, 6.07) is 11.4. The zero-order chi connectivity index (χ0) is 19.4. The molecule has 1 heterocycles. The first-order valence-corrected chi connectivity index (χ1v) is 10.1. The topological polar surface area (TPSA) is 99.1 Å². The van der Waals surface area contributed by atoms with E-state index in [2.05, 4.69) is 10.5 Å². The predicted molar refractivity (Wildman–Crippen MR) is 102 cm³/mol. The van der Waals surface area contributed by atoms with Crippen LogP contribution >= 0.6 is 11.6 Å². The van der Waals surface area contributed by atoms with Crippen molar-refractivity contribution in [2.24, 2.45) is 5.10 Å². The van der Waals surface area contributed by atoms with Crippen molar-refractivity contribution in [2.45, 2.75) is 23.8 Å². The summed E-state index contributed by atoms with van der Waals surface area (Å²) in [6.07, 6.45) is 2.38. The number of benzene rings is 2. The molecule has 0 unspecified atom stereocenters. The van der Waals surface area contributed by atoms with Gasteiger partial charge in [0.15, 0.2) is 0 Å². The molecule has 1 atom stereocenters. The van der Waals surface area contributed by atoms with Gasteiger partial charge in [0, 0.05) is 11.6 Å². The Morgan fingerprint density at radius 1 is 1.26 bits per heavy atom. The lowest BCUT2D eigenvalue weighted by Gasteiger charge is -2.22. The minimum absolute atomic E-state index is 0.0845. The third kappa shape index (κ3) is 4.47. The lowest BCUT2D eigenvalue weighted by atomic mass is 10.2. The van der Waals surface area contributed by atoms with Crippen molar-refractivity contribution in [1.29, 1.82) is 0 Å². The number of carbonyl (C=O) groups excluding carboxylic acids is 1. The fourth-order valence-corrected chi connectivity index (χ4v) is 4.66. The highest BCUT2D eigenvalue weighted by molar-refractivity contribution is 7.89. The van der Waals surface area contributed by atoms with Gasteiger partial charge in [-0.05, 0) is 54.8 Å². The van der Waals surface area contributed by atoms with E-state index in [1.807, 2.05) is 0 Å². The third-order valence-corrected chi connectivity index (χ3v) is 6.36. The van der Waals surface area contributed by atoms with Gasteiger partial charge in [0.25, 0.3) is 5.91 Å². The predicted octanol–water partition coefficient (Wildman–Crippen LogP) is 2.35. The lowest BCUT2D eigenvalue weighted by Crippen LogP contribution is -2.44. The highest BCUT2D eigenvalue weighted by Gasteiger charge is 2.39. The van der Waals surface area contributed by atoms with Gasteiger partial charge in [0.05, 0.1) is 11.1 Å². The average molecular weight is 408 g/mol. The van der Waals surface area contributed by atoms with Gasteiger partial charge >= 0.3 is 0 Å². The molecule has 27 heavy (non-hydrogen) atoms. The number of hydrogen-bond donors (Lipinski definition) is 2. The Morgan fingerprint density at radius 3 is 2.70 bits per heavy atom. The summed E-state index contributed by atoms with van der Waals surface area (Å²) in [5, 5.41) is 13.7. The van der Waals surface area contributed by atoms with Crippen LogP contribution in [0.3, 0.4) is 0 Å². The number of phenolic OH excluding ortho intramolecular Hbond substituents is 1. The highest BCUT2D eigenvalue weighted by Crippen LogP contribution is 2.27. The largest absolute Gasteiger partial charge is 0.508 e. The van der Waals surface area contributed by atoms with Crippen molar-refractivity contribution >= 4 is 33.7 Å². The van der Waals surface area contributed by atoms with Crippen molar-refractivity contribution < 1.29 is 18.3 Å². The van der Waals surface area contributed by atoms with E-state index in [1.54, 1.807) is 12.1 Å². The fraction of sp³-hybridized carbons (Fsp3) is 0.222. The van der Waals surface area contributed by atoms with E-state index in [0.29, 0.717) is 23.4 Å². The Labute approximate surface area is 162 Å². The molecule has 2 aromatic rings. The zero-order valence-corrected chi connectivity index (χ0v) is 15.8. The molecule has 1 saturated heterocycles. The van der Waals surface area contributed by atoms with E-state index >= 15 is 0 Å². The van der Waals surface area contributed by atoms with E-state index in [4.69, 9.17) is 11.6 Å². The van der Waals surface area contributed by atoms with Crippen LogP contribution in [-0.4, -0.2) is 42.5 Å². The molecule has 0 spiro atoms. The Hall–Kier alpha value is -2.42. The molecule has 1 fully saturated rings. The summed E-state index contributed by atoms with van der Waals surface area (Å²) in [5.74, 6) is -0.414. The minimum Gasteiger partial charge on any atom is -0.508 e. The van der Waals surface area contributed by atoms with Crippen molar-refractivity contribution in [3.63, 3.8) is 0 Å². The van der Waals surface area contributed by atoms with Crippen LogP contribution in [0, 0.1) is 0 Å². The number of carbonyl (C=O) groups is 1. The number of hydrogen-bond acceptors (Lipinski definition) is 5. The van der Waals surface area contributed by atoms with Gasteiger partial charge in [-0.15, -0.1) is 0 Å². The number of hydrazone groups is 1. The lowest BCUT2D eigenvalue weighted by molar-refractivity contribution is -0.124. The molecule has 0 saturated carbocycles. The van der Waals surface area contributed by atoms with E-state index in [0.717, 1.165) is 0 Å². The molecule has 1 aliphatic heterocycles. The molecule has 9 heteroatoms. The van der Waals surface area contributed by atoms with Gasteiger partial charge < -0.3 is 5.11 Å². The first kappa shape index (κ1) is 19.3. The number of nitrogens with one attached hydrogen (secondary N) is 1. The summed E-state index contributed by atoms with van der Waals surface area (Å²) in [6.45, 7) is 0.263. The maximum absolute atomic E-state index is 12.8. The molecule has 0 aromatic heterocycles. The first-order valence-electron chi connectivity index (χ1n) is 8.27. The molecular formula is C18H18ClN3O4S. The highest BCUT2D eigenvalue weighted by atomic mass is 35.5. The number of aromatic hydroxyl groups is 1. The number of phenols is 1. The minimum atomic E-state index is -3.80. The number of amides is 1. The number of halogens is 1. The van der Waals surface area contributed by atoms with Gasteiger partial charge in [-0.3, -0.25) is 4.79 Å². The second-order valence-electron chi connectivity index (χ2n) is 6.06. The second-order valence-corrected chi connectivity index (χ2v) is 8.38. The number of rotatable bonds is 5. The zero-order valence-electron chi connectivity index (χ0n) is 14.2. The molecule has 2 aromatic carbocycles. The summed E-state index contributed by atoms with van der Waals surface area (Å²) in [5.41, 5.74) is 2.98. The normalized spacial score (nSPS) is 18.0. The van der Waals surface area contributed by atoms with Crippen molar-refractivity contribution in [3.05, 3.63) is 59.1 Å². The van der Waals surface area contributed by atoms with Crippen LogP contribution in [0.4, 0.5) is 0 Å². The van der Waals surface area contributed by atoms with E-state index in [1.165, 1.54) is 46.9 Å². The Bertz CT molecular complexity index is 961. The van der Waals surface area contributed by atoms with Gasteiger partial charge in [0.1, 0.15) is 11.8 Å². The van der Waals surface area contributed by atoms with Crippen molar-refractivity contribution in [3.8, 4) is 5.75 Å². The van der Waals surface area contributed by atoms with Crippen LogP contribution in [0.5, 0.6) is 5.75 Å². The molecule has 0 radical (unpaired) electrons. The molecule has 3 rings (SSSR count). The quantitative estimate of drug-likeness (QED) is 0.587. The van der Waals surface area contributed by atoms with Crippen molar-refractivity contribution in [1.82, 2.24) is 9.73 Å². The van der Waals surface area contributed by atoms with E-state index < -0.39 is 22.0 Å². The van der Waals surface area contributed by atoms with Crippen LogP contribution in [0.25, 0.3) is 0 Å². The standard InChI is InChI=1S/C18H18ClN3O4S/c19-14-6-8-16(9-7-14)27(25,26)22-10-2-5-17(22)18(24)21-20-12-13-3-1-4-15(23)11-13/h1,3-4,6-9,11-12,17,23H,2,5,10H2,(H,21,24)/b20-12-/t17-/m0/s1. The van der Waals surface area contributed by atoms with Crippen LogP contribution in [0.15, 0.2) is 58.5 Å². The van der Waals surface area contributed by atoms with Gasteiger partial charge in [-0.25, -0.2) is 13.8 Å². The van der Waals surface area contributed by atoms with Crippen LogP contribution in [0.2, 0.25) is 5.02 Å². The molecule has 7 nitrogen and oxygen atoms in total. The van der Waals surface area contributed by atoms with E-state index in [-0.39, 0.29) is 17.2 Å². The van der Waals surface area contributed by atoms with Crippen LogP contribution in [0.1, 0.15) is 18.4 Å². The average Bonchev–Trinajstić information content (AvgIpc) is 3.13. The molecule has 0 bridgehead atoms. The van der Waals surface area contributed by atoms with Gasteiger partial charge in [0.2, 0.25) is 10.0 Å². The maximum Gasteiger partial charge on any atom is 0.258 e. The van der Waals surface area contributed by atoms with Crippen molar-refractivity contribution in [2.75, 3.05) is 6.54 Å². The van der Waals surface area contributed by atoms with Gasteiger partial charge in [-0.1, -0.05) is 23.7 Å². The summed E-state index contributed by atoms with van der Waals surface area (Å²) in [7, 11) is -3.80. The first-order chi connectivity index (χ1) is 12.9. The smallest absolute Gasteiger partial charge is 0.258 e. The second kappa shape index (κ2) is 8.08. The van der Waals surface area contributed by atoms with Crippen LogP contribution < -0.4 is 5.43 Å². The van der Waals surface area contributed by atoms with E-state index in [9.17, 15) is 18.3 Å². The van der Waals surface area contributed by atoms with Gasteiger partial charge in [-0.2, -0.15) is 9.41 Å². The summed E-state index contributed by atoms with van der Waals surface area (Å²) in [4.78, 5) is 12.5. The SMILES string of the molecule is O=C(N/N=C\c1cccc(O)c1)[C@@H]1CCCN1S(=O)(=O)c1ccc(Cl)cc1. The Balaban J connectivity index is 1.71. The summed E-state index contributed by atoms with van der Waals surface area (Å²) >= 11 is 5.81. The third-order valence-electron chi connectivity index (χ3n) is 4.19.